The van der Waals surface area contributed by atoms with Crippen LogP contribution >= 0.6 is 0 Å². The summed E-state index contributed by atoms with van der Waals surface area (Å²) in [4.78, 5) is 4.03. The molecule has 3 rings (SSSR count). The highest BCUT2D eigenvalue weighted by Crippen LogP contribution is 2.29. The van der Waals surface area contributed by atoms with Crippen molar-refractivity contribution in [1.29, 1.82) is 0 Å². The summed E-state index contributed by atoms with van der Waals surface area (Å²) in [6.07, 6.45) is 7.60. The van der Waals surface area contributed by atoms with E-state index in [1.807, 2.05) is 42.5 Å². The zero-order chi connectivity index (χ0) is 20.7. The molecule has 0 fully saturated rings. The Bertz CT molecular complexity index is 753. The molecular formula is C23H29NO6. The molecule has 162 valence electrons. The molecule has 0 amide bonds. The first-order valence-electron chi connectivity index (χ1n) is 10.2. The number of fused-ring (bicyclic) bond motifs is 1. The van der Waals surface area contributed by atoms with Gasteiger partial charge in [0.05, 0.1) is 52.9 Å². The molecule has 0 N–H and O–H groups in total. The van der Waals surface area contributed by atoms with Gasteiger partial charge in [0.1, 0.15) is 13.2 Å². The number of benzene rings is 1. The van der Waals surface area contributed by atoms with Crippen molar-refractivity contribution in [2.75, 3.05) is 66.1 Å². The van der Waals surface area contributed by atoms with Crippen molar-refractivity contribution >= 4 is 12.2 Å². The highest BCUT2D eigenvalue weighted by atomic mass is 16.6. The Morgan fingerprint density at radius 1 is 0.533 bits per heavy atom. The minimum atomic E-state index is 0.424. The fourth-order valence-electron chi connectivity index (χ4n) is 2.71. The standard InChI is InChI=1S/C23H29NO6/c1(20-5-7-24-8-6-20)2-21-3-4-22-23(19-21)30-18-16-28-14-12-26-10-9-25-11-13-27-15-17-29-22/h1-8,19H,9-18H2/b2-1+. The van der Waals surface area contributed by atoms with Gasteiger partial charge in [-0.15, -0.1) is 0 Å². The highest BCUT2D eigenvalue weighted by molar-refractivity contribution is 5.70. The number of hydrogen-bond acceptors (Lipinski definition) is 7. The van der Waals surface area contributed by atoms with Crippen molar-refractivity contribution in [2.45, 2.75) is 0 Å². The number of hydrogen-bond donors (Lipinski definition) is 0. The van der Waals surface area contributed by atoms with Gasteiger partial charge in [0.2, 0.25) is 0 Å². The van der Waals surface area contributed by atoms with Gasteiger partial charge in [-0.05, 0) is 35.4 Å². The third-order valence-electron chi connectivity index (χ3n) is 4.23. The van der Waals surface area contributed by atoms with E-state index in [4.69, 9.17) is 28.4 Å². The van der Waals surface area contributed by atoms with Crippen LogP contribution in [-0.4, -0.2) is 71.1 Å². The van der Waals surface area contributed by atoms with E-state index in [9.17, 15) is 0 Å². The molecule has 0 spiro atoms. The first-order chi connectivity index (χ1) is 14.9. The average molecular weight is 415 g/mol. The third kappa shape index (κ3) is 8.51. The van der Waals surface area contributed by atoms with E-state index < -0.39 is 0 Å². The Kier molecular flexibility index (Phi) is 10.2. The average Bonchev–Trinajstić information content (AvgIpc) is 2.78. The smallest absolute Gasteiger partial charge is 0.161 e. The number of pyridine rings is 1. The lowest BCUT2D eigenvalue weighted by molar-refractivity contribution is -0.00841. The predicted molar refractivity (Wildman–Crippen MR) is 114 cm³/mol. The summed E-state index contributed by atoms with van der Waals surface area (Å²) in [7, 11) is 0. The maximum atomic E-state index is 5.93. The van der Waals surface area contributed by atoms with Crippen LogP contribution in [0.3, 0.4) is 0 Å². The van der Waals surface area contributed by atoms with E-state index in [2.05, 4.69) is 4.98 Å². The quantitative estimate of drug-likeness (QED) is 0.747. The van der Waals surface area contributed by atoms with Gasteiger partial charge in [-0.25, -0.2) is 0 Å². The lowest BCUT2D eigenvalue weighted by Crippen LogP contribution is -2.16. The van der Waals surface area contributed by atoms with E-state index in [1.165, 1.54) is 0 Å². The molecule has 1 aromatic carbocycles. The van der Waals surface area contributed by atoms with Gasteiger partial charge in [-0.3, -0.25) is 4.98 Å². The van der Waals surface area contributed by atoms with Crippen molar-refractivity contribution in [3.63, 3.8) is 0 Å². The summed E-state index contributed by atoms with van der Waals surface area (Å²) in [5, 5.41) is 0. The minimum Gasteiger partial charge on any atom is -0.487 e. The van der Waals surface area contributed by atoms with Crippen molar-refractivity contribution in [3.8, 4) is 11.5 Å². The van der Waals surface area contributed by atoms with Gasteiger partial charge in [0, 0.05) is 12.4 Å². The second-order valence-electron chi connectivity index (χ2n) is 6.47. The maximum absolute atomic E-state index is 5.93. The Balaban J connectivity index is 1.61. The zero-order valence-electron chi connectivity index (χ0n) is 17.2. The minimum absolute atomic E-state index is 0.424. The van der Waals surface area contributed by atoms with Gasteiger partial charge < -0.3 is 28.4 Å². The van der Waals surface area contributed by atoms with Gasteiger partial charge >= 0.3 is 0 Å². The third-order valence-corrected chi connectivity index (χ3v) is 4.23. The molecular weight excluding hydrogens is 386 g/mol. The Morgan fingerprint density at radius 3 is 1.63 bits per heavy atom. The Hall–Kier alpha value is -2.45. The summed E-state index contributed by atoms with van der Waals surface area (Å²) in [5.74, 6) is 1.36. The van der Waals surface area contributed by atoms with E-state index >= 15 is 0 Å². The second kappa shape index (κ2) is 13.7. The lowest BCUT2D eigenvalue weighted by atomic mass is 10.1. The monoisotopic (exact) mass is 415 g/mol. The first kappa shape index (κ1) is 22.2. The van der Waals surface area contributed by atoms with Crippen LogP contribution in [0.25, 0.3) is 12.2 Å². The van der Waals surface area contributed by atoms with Crippen LogP contribution in [0.2, 0.25) is 0 Å². The van der Waals surface area contributed by atoms with Crippen molar-refractivity contribution in [1.82, 2.24) is 4.98 Å². The number of rotatable bonds is 2. The normalized spacial score (nSPS) is 17.9. The van der Waals surface area contributed by atoms with Crippen molar-refractivity contribution in [3.05, 3.63) is 53.9 Å². The topological polar surface area (TPSA) is 68.3 Å². The summed E-state index contributed by atoms with van der Waals surface area (Å²) in [6.45, 7) is 5.01. The first-order valence-corrected chi connectivity index (χ1v) is 10.2. The largest absolute Gasteiger partial charge is 0.487 e. The van der Waals surface area contributed by atoms with Crippen LogP contribution in [0, 0.1) is 0 Å². The van der Waals surface area contributed by atoms with Gasteiger partial charge in [0.15, 0.2) is 11.5 Å². The lowest BCUT2D eigenvalue weighted by Gasteiger charge is -2.14. The molecule has 0 radical (unpaired) electrons. The number of ether oxygens (including phenoxy) is 6. The van der Waals surface area contributed by atoms with Crippen LogP contribution in [0.5, 0.6) is 11.5 Å². The van der Waals surface area contributed by atoms with Crippen LogP contribution in [-0.2, 0) is 18.9 Å². The maximum Gasteiger partial charge on any atom is 0.161 e. The van der Waals surface area contributed by atoms with Crippen LogP contribution < -0.4 is 9.47 Å². The molecule has 0 saturated heterocycles. The fraction of sp³-hybridized carbons (Fsp3) is 0.435. The summed E-state index contributed by atoms with van der Waals surface area (Å²) >= 11 is 0. The molecule has 2 heterocycles. The molecule has 0 bridgehead atoms. The van der Waals surface area contributed by atoms with Gasteiger partial charge in [0.25, 0.3) is 0 Å². The fourth-order valence-corrected chi connectivity index (χ4v) is 2.71. The molecule has 1 aliphatic heterocycles. The molecule has 7 heteroatoms. The predicted octanol–water partition coefficient (Wildman–Crippen LogP) is 3.09. The van der Waals surface area contributed by atoms with Crippen LogP contribution in [0.1, 0.15) is 11.1 Å². The molecule has 7 nitrogen and oxygen atoms in total. The number of nitrogens with zero attached hydrogens (tertiary/aromatic N) is 1. The van der Waals surface area contributed by atoms with Gasteiger partial charge in [-0.2, -0.15) is 0 Å². The molecule has 0 atom stereocenters. The highest BCUT2D eigenvalue weighted by Gasteiger charge is 2.07. The Labute approximate surface area is 177 Å². The molecule has 1 aliphatic rings. The van der Waals surface area contributed by atoms with E-state index in [0.717, 1.165) is 11.1 Å². The van der Waals surface area contributed by atoms with Crippen molar-refractivity contribution < 1.29 is 28.4 Å². The molecule has 0 aliphatic carbocycles. The van der Waals surface area contributed by atoms with E-state index in [0.29, 0.717) is 77.6 Å². The molecule has 0 unspecified atom stereocenters. The summed E-state index contributed by atoms with van der Waals surface area (Å²) < 4.78 is 33.8. The van der Waals surface area contributed by atoms with Crippen LogP contribution in [0.4, 0.5) is 0 Å². The van der Waals surface area contributed by atoms with Crippen LogP contribution in [0.15, 0.2) is 42.7 Å². The number of aromatic nitrogens is 1. The molecule has 1 aromatic heterocycles. The Morgan fingerprint density at radius 2 is 1.03 bits per heavy atom. The molecule has 2 aromatic rings. The van der Waals surface area contributed by atoms with E-state index in [1.54, 1.807) is 12.4 Å². The SMILES string of the molecule is C(=C\c1ccc2c(c1)OCCOCCOCCOCCOCCO2)/c1ccncc1. The molecule has 0 saturated carbocycles. The summed E-state index contributed by atoms with van der Waals surface area (Å²) in [6, 6.07) is 9.78. The molecule has 30 heavy (non-hydrogen) atoms. The second-order valence-corrected chi connectivity index (χ2v) is 6.47. The van der Waals surface area contributed by atoms with Gasteiger partial charge in [-0.1, -0.05) is 18.2 Å². The van der Waals surface area contributed by atoms with Crippen molar-refractivity contribution in [2.24, 2.45) is 0 Å². The zero-order valence-corrected chi connectivity index (χ0v) is 17.2. The summed E-state index contributed by atoms with van der Waals surface area (Å²) in [5.41, 5.74) is 2.09. The van der Waals surface area contributed by atoms with E-state index in [-0.39, 0.29) is 0 Å².